The van der Waals surface area contributed by atoms with Crippen molar-refractivity contribution < 1.29 is 13.2 Å². The maximum Gasteiger partial charge on any atom is 0.257 e. The Morgan fingerprint density at radius 2 is 1.88 bits per heavy atom. The quantitative estimate of drug-likeness (QED) is 0.837. The molecule has 1 atom stereocenters. The fourth-order valence-electron chi connectivity index (χ4n) is 1.86. The van der Waals surface area contributed by atoms with E-state index < -0.39 is 18.3 Å². The number of hydrogen-bond donors (Lipinski definition) is 1. The predicted octanol–water partition coefficient (Wildman–Crippen LogP) is 3.36. The predicted molar refractivity (Wildman–Crippen MR) is 58.3 cm³/mol. The molecule has 1 N–H and O–H groups in total. The maximum atomic E-state index is 13.7. The van der Waals surface area contributed by atoms with E-state index in [0.717, 1.165) is 5.56 Å². The normalized spacial score (nSPS) is 13.2. The lowest BCUT2D eigenvalue weighted by Crippen LogP contribution is -2.28. The Balaban J connectivity index is 3.18. The average Bonchev–Trinajstić information content (AvgIpc) is 2.14. The van der Waals surface area contributed by atoms with Gasteiger partial charge in [0.05, 0.1) is 6.04 Å². The second-order valence-electron chi connectivity index (χ2n) is 3.85. The number of benzene rings is 1. The molecular formula is C12H16F3N. The lowest BCUT2D eigenvalue weighted by atomic mass is 9.98. The van der Waals surface area contributed by atoms with Crippen molar-refractivity contribution in [3.05, 3.63) is 34.6 Å². The summed E-state index contributed by atoms with van der Waals surface area (Å²) >= 11 is 0. The fourth-order valence-corrected chi connectivity index (χ4v) is 1.86. The van der Waals surface area contributed by atoms with Crippen LogP contribution in [0.3, 0.4) is 0 Å². The van der Waals surface area contributed by atoms with E-state index in [1.54, 1.807) is 26.8 Å². The molecule has 0 fully saturated rings. The van der Waals surface area contributed by atoms with Crippen LogP contribution in [-0.4, -0.2) is 13.0 Å². The lowest BCUT2D eigenvalue weighted by molar-refractivity contribution is 0.0972. The van der Waals surface area contributed by atoms with Gasteiger partial charge in [-0.2, -0.15) is 0 Å². The number of nitrogens with one attached hydrogen (secondary N) is 1. The van der Waals surface area contributed by atoms with E-state index in [2.05, 4.69) is 5.32 Å². The summed E-state index contributed by atoms with van der Waals surface area (Å²) in [6.07, 6.45) is -2.61. The standard InChI is InChI=1S/C12H16F3N/c1-4-16-11(12(14)15)10-8(3)5-7(2)6-9(10)13/h5-6,11-12,16H,4H2,1-3H3. The Hall–Kier alpha value is -1.03. The molecule has 0 aliphatic rings. The van der Waals surface area contributed by atoms with E-state index in [9.17, 15) is 13.2 Å². The summed E-state index contributed by atoms with van der Waals surface area (Å²) in [6.45, 7) is 5.49. The number of rotatable bonds is 4. The fraction of sp³-hybridized carbons (Fsp3) is 0.500. The van der Waals surface area contributed by atoms with Crippen LogP contribution in [-0.2, 0) is 0 Å². The molecule has 0 spiro atoms. The SMILES string of the molecule is CCNC(c1c(C)cc(C)cc1F)C(F)F. The van der Waals surface area contributed by atoms with Gasteiger partial charge in [-0.15, -0.1) is 0 Å². The van der Waals surface area contributed by atoms with Crippen molar-refractivity contribution in [1.82, 2.24) is 5.32 Å². The van der Waals surface area contributed by atoms with E-state index in [4.69, 9.17) is 0 Å². The minimum Gasteiger partial charge on any atom is -0.305 e. The van der Waals surface area contributed by atoms with Gasteiger partial charge in [-0.1, -0.05) is 13.0 Å². The third-order valence-corrected chi connectivity index (χ3v) is 2.47. The van der Waals surface area contributed by atoms with Crippen LogP contribution in [0, 0.1) is 19.7 Å². The van der Waals surface area contributed by atoms with Gasteiger partial charge in [0, 0.05) is 5.56 Å². The first kappa shape index (κ1) is 13.0. The van der Waals surface area contributed by atoms with Crippen LogP contribution < -0.4 is 5.32 Å². The molecule has 0 amide bonds. The van der Waals surface area contributed by atoms with Crippen LogP contribution in [0.2, 0.25) is 0 Å². The highest BCUT2D eigenvalue weighted by Gasteiger charge is 2.26. The molecule has 90 valence electrons. The maximum absolute atomic E-state index is 13.7. The average molecular weight is 231 g/mol. The lowest BCUT2D eigenvalue weighted by Gasteiger charge is -2.20. The molecule has 0 heterocycles. The molecule has 1 aromatic carbocycles. The van der Waals surface area contributed by atoms with Crippen LogP contribution in [0.4, 0.5) is 13.2 Å². The summed E-state index contributed by atoms with van der Waals surface area (Å²) in [4.78, 5) is 0. The second-order valence-corrected chi connectivity index (χ2v) is 3.85. The van der Waals surface area contributed by atoms with Crippen molar-refractivity contribution in [3.8, 4) is 0 Å². The molecule has 4 heteroatoms. The van der Waals surface area contributed by atoms with Gasteiger partial charge in [0.15, 0.2) is 0 Å². The molecule has 0 radical (unpaired) electrons. The summed E-state index contributed by atoms with van der Waals surface area (Å²) in [7, 11) is 0. The Morgan fingerprint density at radius 1 is 1.25 bits per heavy atom. The van der Waals surface area contributed by atoms with Crippen molar-refractivity contribution >= 4 is 0 Å². The summed E-state index contributed by atoms with van der Waals surface area (Å²) in [6, 6.07) is 1.77. The van der Waals surface area contributed by atoms with E-state index in [-0.39, 0.29) is 5.56 Å². The molecule has 0 aromatic heterocycles. The second kappa shape index (κ2) is 5.34. The molecular weight excluding hydrogens is 215 g/mol. The highest BCUT2D eigenvalue weighted by molar-refractivity contribution is 5.34. The monoisotopic (exact) mass is 231 g/mol. The van der Waals surface area contributed by atoms with Gasteiger partial charge < -0.3 is 5.32 Å². The smallest absolute Gasteiger partial charge is 0.257 e. The molecule has 1 aromatic rings. The highest BCUT2D eigenvalue weighted by Crippen LogP contribution is 2.27. The van der Waals surface area contributed by atoms with E-state index >= 15 is 0 Å². The molecule has 1 unspecified atom stereocenters. The Morgan fingerprint density at radius 3 is 2.31 bits per heavy atom. The van der Waals surface area contributed by atoms with Crippen molar-refractivity contribution in [3.63, 3.8) is 0 Å². The van der Waals surface area contributed by atoms with Gasteiger partial charge in [0.25, 0.3) is 6.43 Å². The van der Waals surface area contributed by atoms with Gasteiger partial charge in [0.2, 0.25) is 0 Å². The van der Waals surface area contributed by atoms with Gasteiger partial charge >= 0.3 is 0 Å². The van der Waals surface area contributed by atoms with E-state index in [0.29, 0.717) is 12.1 Å². The molecule has 1 rings (SSSR count). The molecule has 0 saturated heterocycles. The third kappa shape index (κ3) is 2.76. The largest absolute Gasteiger partial charge is 0.305 e. The van der Waals surface area contributed by atoms with Crippen LogP contribution in [0.5, 0.6) is 0 Å². The van der Waals surface area contributed by atoms with Crippen molar-refractivity contribution in [2.45, 2.75) is 33.2 Å². The van der Waals surface area contributed by atoms with Crippen LogP contribution in [0.1, 0.15) is 29.7 Å². The Labute approximate surface area is 93.7 Å². The third-order valence-electron chi connectivity index (χ3n) is 2.47. The van der Waals surface area contributed by atoms with E-state index in [1.165, 1.54) is 6.07 Å². The zero-order chi connectivity index (χ0) is 12.3. The molecule has 0 aliphatic carbocycles. The minimum absolute atomic E-state index is 0.0717. The first-order valence-electron chi connectivity index (χ1n) is 5.25. The number of halogens is 3. The van der Waals surface area contributed by atoms with Gasteiger partial charge in [-0.25, -0.2) is 13.2 Å². The van der Waals surface area contributed by atoms with Gasteiger partial charge in [-0.3, -0.25) is 0 Å². The minimum atomic E-state index is -2.61. The van der Waals surface area contributed by atoms with Crippen LogP contribution in [0.25, 0.3) is 0 Å². The van der Waals surface area contributed by atoms with Crippen molar-refractivity contribution in [1.29, 1.82) is 0 Å². The van der Waals surface area contributed by atoms with E-state index in [1.807, 2.05) is 0 Å². The van der Waals surface area contributed by atoms with Gasteiger partial charge in [-0.05, 0) is 37.6 Å². The number of aryl methyl sites for hydroxylation is 2. The zero-order valence-corrected chi connectivity index (χ0v) is 9.65. The first-order chi connectivity index (χ1) is 7.47. The van der Waals surface area contributed by atoms with Crippen molar-refractivity contribution in [2.24, 2.45) is 0 Å². The van der Waals surface area contributed by atoms with Crippen LogP contribution >= 0.6 is 0 Å². The van der Waals surface area contributed by atoms with Crippen LogP contribution in [0.15, 0.2) is 12.1 Å². The van der Waals surface area contributed by atoms with Crippen molar-refractivity contribution in [2.75, 3.05) is 6.54 Å². The highest BCUT2D eigenvalue weighted by atomic mass is 19.3. The molecule has 16 heavy (non-hydrogen) atoms. The topological polar surface area (TPSA) is 12.0 Å². The first-order valence-corrected chi connectivity index (χ1v) is 5.25. The zero-order valence-electron chi connectivity index (χ0n) is 9.65. The number of hydrogen-bond acceptors (Lipinski definition) is 1. The molecule has 0 bridgehead atoms. The summed E-state index contributed by atoms with van der Waals surface area (Å²) in [5.74, 6) is -0.566. The Bertz CT molecular complexity index is 340. The molecule has 0 saturated carbocycles. The molecule has 1 nitrogen and oxygen atoms in total. The summed E-state index contributed by atoms with van der Waals surface area (Å²) in [5.41, 5.74) is 1.37. The summed E-state index contributed by atoms with van der Waals surface area (Å²) < 4.78 is 39.3. The summed E-state index contributed by atoms with van der Waals surface area (Å²) in [5, 5.41) is 2.61. The number of alkyl halides is 2. The van der Waals surface area contributed by atoms with Gasteiger partial charge in [0.1, 0.15) is 5.82 Å². The molecule has 0 aliphatic heterocycles. The Kier molecular flexibility index (Phi) is 4.35.